The van der Waals surface area contributed by atoms with Crippen LogP contribution in [0.2, 0.25) is 0 Å². The van der Waals surface area contributed by atoms with E-state index in [1.54, 1.807) is 0 Å². The number of benzene rings is 3. The van der Waals surface area contributed by atoms with Gasteiger partial charge >= 0.3 is 5.69 Å². The van der Waals surface area contributed by atoms with Crippen LogP contribution in [0.25, 0.3) is 22.0 Å². The van der Waals surface area contributed by atoms with E-state index < -0.39 is 15.7 Å². The van der Waals surface area contributed by atoms with Crippen molar-refractivity contribution in [3.8, 4) is 0 Å². The molecule has 0 radical (unpaired) electrons. The van der Waals surface area contributed by atoms with Gasteiger partial charge < -0.3 is 19.7 Å². The van der Waals surface area contributed by atoms with Crippen LogP contribution in [0.15, 0.2) is 86.9 Å². The summed E-state index contributed by atoms with van der Waals surface area (Å²) in [7, 11) is -3.90. The number of sulfonamides is 1. The van der Waals surface area contributed by atoms with Crippen LogP contribution in [-0.2, 0) is 10.0 Å². The molecule has 2 aromatic heterocycles. The van der Waals surface area contributed by atoms with Crippen molar-refractivity contribution < 1.29 is 17.6 Å². The highest BCUT2D eigenvalue weighted by atomic mass is 32.2. The van der Waals surface area contributed by atoms with E-state index in [0.717, 1.165) is 11.0 Å². The number of carbonyl (C=O) groups excluding carboxylic acids is 1. The van der Waals surface area contributed by atoms with Crippen molar-refractivity contribution in [2.45, 2.75) is 17.9 Å². The van der Waals surface area contributed by atoms with Crippen molar-refractivity contribution >= 4 is 43.6 Å². The van der Waals surface area contributed by atoms with E-state index in [1.165, 1.54) is 42.5 Å². The molecule has 5 aromatic rings. The number of carbonyl (C=O) groups is 1. The molecule has 3 aromatic carbocycles. The molecule has 0 fully saturated rings. The molecule has 10 heteroatoms. The van der Waals surface area contributed by atoms with Crippen molar-refractivity contribution in [2.24, 2.45) is 0 Å². The molecule has 9 nitrogen and oxygen atoms in total. The van der Waals surface area contributed by atoms with Crippen LogP contribution in [0, 0.1) is 0 Å². The fourth-order valence-corrected chi connectivity index (χ4v) is 4.73. The van der Waals surface area contributed by atoms with E-state index in [2.05, 4.69) is 20.0 Å². The minimum atomic E-state index is -3.90. The van der Waals surface area contributed by atoms with Gasteiger partial charge in [0.25, 0.3) is 15.9 Å². The molecule has 5 rings (SSSR count). The van der Waals surface area contributed by atoms with Crippen LogP contribution in [0.4, 0.5) is 5.69 Å². The smallest absolute Gasteiger partial charge is 0.323 e. The molecule has 1 unspecified atom stereocenters. The second kappa shape index (κ2) is 8.23. The zero-order chi connectivity index (χ0) is 23.9. The first kappa shape index (κ1) is 21.5. The van der Waals surface area contributed by atoms with Gasteiger partial charge in [-0.3, -0.25) is 9.52 Å². The molecule has 0 aliphatic rings. The Balaban J connectivity index is 1.28. The van der Waals surface area contributed by atoms with Gasteiger partial charge in [-0.15, -0.1) is 0 Å². The SMILES string of the molecule is CC(NC(=O)c1ccc(NS(=O)(=O)c2ccc3[nH]c(=O)[nH]c3c2)cc1)c1cc2ccccc2o1. The van der Waals surface area contributed by atoms with Crippen LogP contribution in [-0.4, -0.2) is 24.3 Å². The Labute approximate surface area is 193 Å². The lowest BCUT2D eigenvalue weighted by Crippen LogP contribution is -2.26. The lowest BCUT2D eigenvalue weighted by atomic mass is 10.1. The van der Waals surface area contributed by atoms with Crippen LogP contribution >= 0.6 is 0 Å². The zero-order valence-electron chi connectivity index (χ0n) is 18.0. The third-order valence-corrected chi connectivity index (χ3v) is 6.79. The maximum absolute atomic E-state index is 12.7. The number of anilines is 1. The molecule has 0 saturated heterocycles. The molecule has 2 heterocycles. The van der Waals surface area contributed by atoms with Gasteiger partial charge in [-0.05, 0) is 61.5 Å². The van der Waals surface area contributed by atoms with E-state index in [4.69, 9.17) is 4.42 Å². The summed E-state index contributed by atoms with van der Waals surface area (Å²) in [5.41, 5.74) is 1.90. The summed E-state index contributed by atoms with van der Waals surface area (Å²) < 4.78 is 33.8. The molecule has 4 N–H and O–H groups in total. The summed E-state index contributed by atoms with van der Waals surface area (Å²) in [6, 6.07) is 19.5. The Morgan fingerprint density at radius 3 is 2.44 bits per heavy atom. The van der Waals surface area contributed by atoms with Gasteiger partial charge in [-0.25, -0.2) is 13.2 Å². The molecule has 172 valence electrons. The number of hydrogen-bond donors (Lipinski definition) is 4. The maximum atomic E-state index is 12.7. The van der Waals surface area contributed by atoms with Crippen molar-refractivity contribution in [1.82, 2.24) is 15.3 Å². The zero-order valence-corrected chi connectivity index (χ0v) is 18.8. The normalized spacial score (nSPS) is 12.6. The predicted molar refractivity (Wildman–Crippen MR) is 128 cm³/mol. The number of aromatic nitrogens is 2. The minimum Gasteiger partial charge on any atom is -0.459 e. The van der Waals surface area contributed by atoms with Gasteiger partial charge in [-0.1, -0.05) is 18.2 Å². The Kier molecular flexibility index (Phi) is 5.21. The maximum Gasteiger partial charge on any atom is 0.323 e. The highest BCUT2D eigenvalue weighted by Crippen LogP contribution is 2.24. The second-order valence-corrected chi connectivity index (χ2v) is 9.53. The molecule has 0 saturated carbocycles. The third kappa shape index (κ3) is 4.18. The van der Waals surface area contributed by atoms with Crippen molar-refractivity contribution in [1.29, 1.82) is 0 Å². The van der Waals surface area contributed by atoms with E-state index >= 15 is 0 Å². The average Bonchev–Trinajstić information content (AvgIpc) is 3.41. The first-order chi connectivity index (χ1) is 16.3. The summed E-state index contributed by atoms with van der Waals surface area (Å²) in [4.78, 5) is 29.2. The van der Waals surface area contributed by atoms with Crippen molar-refractivity contribution in [3.05, 3.63) is 94.6 Å². The fraction of sp³-hybridized carbons (Fsp3) is 0.0833. The summed E-state index contributed by atoms with van der Waals surface area (Å²) in [5.74, 6) is 0.323. The Morgan fingerprint density at radius 1 is 0.941 bits per heavy atom. The van der Waals surface area contributed by atoms with Gasteiger partial charge in [0.05, 0.1) is 22.0 Å². The lowest BCUT2D eigenvalue weighted by Gasteiger charge is -2.12. The fourth-order valence-electron chi connectivity index (χ4n) is 3.65. The molecule has 0 aliphatic heterocycles. The van der Waals surface area contributed by atoms with E-state index in [9.17, 15) is 18.0 Å². The lowest BCUT2D eigenvalue weighted by molar-refractivity contribution is 0.0935. The largest absolute Gasteiger partial charge is 0.459 e. The molecule has 0 bridgehead atoms. The number of rotatable bonds is 6. The summed E-state index contributed by atoms with van der Waals surface area (Å²) in [5, 5.41) is 3.84. The Bertz CT molecular complexity index is 1650. The molecular weight excluding hydrogens is 456 g/mol. The van der Waals surface area contributed by atoms with Crippen LogP contribution < -0.4 is 15.7 Å². The Hall–Kier alpha value is -4.31. The quantitative estimate of drug-likeness (QED) is 0.295. The molecule has 1 atom stereocenters. The number of imidazole rings is 1. The first-order valence-corrected chi connectivity index (χ1v) is 11.9. The van der Waals surface area contributed by atoms with E-state index in [1.807, 2.05) is 37.3 Å². The van der Waals surface area contributed by atoms with Crippen LogP contribution in [0.1, 0.15) is 29.1 Å². The van der Waals surface area contributed by atoms with Gasteiger partial charge in [-0.2, -0.15) is 0 Å². The third-order valence-electron chi connectivity index (χ3n) is 5.42. The van der Waals surface area contributed by atoms with E-state index in [-0.39, 0.29) is 16.8 Å². The number of furan rings is 1. The number of para-hydroxylation sites is 1. The van der Waals surface area contributed by atoms with Gasteiger partial charge in [0.15, 0.2) is 0 Å². The molecule has 1 amide bonds. The van der Waals surface area contributed by atoms with Gasteiger partial charge in [0, 0.05) is 16.6 Å². The molecule has 34 heavy (non-hydrogen) atoms. The number of amides is 1. The van der Waals surface area contributed by atoms with Crippen molar-refractivity contribution in [3.63, 3.8) is 0 Å². The number of H-pyrrole nitrogens is 2. The predicted octanol–water partition coefficient (Wildman–Crippen LogP) is 3.89. The standard InChI is InChI=1S/C24H20N4O5S/c1-14(22-12-16-4-2-3-5-21(16)33-22)25-23(29)15-6-8-17(9-7-15)28-34(31,32)18-10-11-19-20(13-18)27-24(30)26-19/h2-14,28H,1H3,(H,25,29)(H2,26,27,30). The van der Waals surface area contributed by atoms with Gasteiger partial charge in [0.1, 0.15) is 11.3 Å². The van der Waals surface area contributed by atoms with Crippen LogP contribution in [0.5, 0.6) is 0 Å². The second-order valence-electron chi connectivity index (χ2n) is 7.85. The number of fused-ring (bicyclic) bond motifs is 2. The highest BCUT2D eigenvalue weighted by Gasteiger charge is 2.18. The Morgan fingerprint density at radius 2 is 1.68 bits per heavy atom. The molecule has 0 spiro atoms. The van der Waals surface area contributed by atoms with E-state index in [0.29, 0.717) is 28.0 Å². The topological polar surface area (TPSA) is 137 Å². The number of aromatic amines is 2. The van der Waals surface area contributed by atoms with Gasteiger partial charge in [0.2, 0.25) is 0 Å². The minimum absolute atomic E-state index is 0.00303. The average molecular weight is 477 g/mol. The first-order valence-electron chi connectivity index (χ1n) is 10.4. The summed E-state index contributed by atoms with van der Waals surface area (Å²) >= 11 is 0. The monoisotopic (exact) mass is 476 g/mol. The highest BCUT2D eigenvalue weighted by molar-refractivity contribution is 7.92. The number of hydrogen-bond acceptors (Lipinski definition) is 5. The van der Waals surface area contributed by atoms with Crippen LogP contribution in [0.3, 0.4) is 0 Å². The van der Waals surface area contributed by atoms with Crippen molar-refractivity contribution in [2.75, 3.05) is 4.72 Å². The summed E-state index contributed by atoms with van der Waals surface area (Å²) in [6.45, 7) is 1.83. The molecule has 0 aliphatic carbocycles. The summed E-state index contributed by atoms with van der Waals surface area (Å²) in [6.07, 6.45) is 0. The number of nitrogens with one attached hydrogen (secondary N) is 4. The molecular formula is C24H20N4O5S.